The summed E-state index contributed by atoms with van der Waals surface area (Å²) in [5.41, 5.74) is 0.694. The van der Waals surface area contributed by atoms with Crippen LogP contribution < -0.4 is 10.1 Å². The van der Waals surface area contributed by atoms with Gasteiger partial charge in [0.25, 0.3) is 0 Å². The van der Waals surface area contributed by atoms with Crippen LogP contribution in [-0.4, -0.2) is 35.4 Å². The van der Waals surface area contributed by atoms with Gasteiger partial charge in [-0.15, -0.1) is 0 Å². The Balaban J connectivity index is 2.29. The van der Waals surface area contributed by atoms with E-state index < -0.39 is 17.4 Å². The van der Waals surface area contributed by atoms with E-state index in [1.54, 1.807) is 32.2 Å². The van der Waals surface area contributed by atoms with E-state index in [2.05, 4.69) is 5.32 Å². The lowest BCUT2D eigenvalue weighted by atomic mass is 10.1. The molecular formula is C23H29FN2O3. The zero-order chi connectivity index (χ0) is 21.6. The number of ether oxygens (including phenoxy) is 1. The molecule has 2 aromatic rings. The van der Waals surface area contributed by atoms with Crippen LogP contribution in [0.5, 0.6) is 5.75 Å². The molecule has 1 atom stereocenters. The maximum absolute atomic E-state index is 14.1. The van der Waals surface area contributed by atoms with E-state index in [-0.39, 0.29) is 24.8 Å². The van der Waals surface area contributed by atoms with Crippen molar-refractivity contribution in [3.8, 4) is 5.75 Å². The topological polar surface area (TPSA) is 58.6 Å². The van der Waals surface area contributed by atoms with Crippen LogP contribution in [0, 0.1) is 5.82 Å². The number of benzene rings is 2. The molecule has 0 aromatic heterocycles. The van der Waals surface area contributed by atoms with Crippen LogP contribution in [0.1, 0.15) is 38.8 Å². The normalized spacial score (nSPS) is 12.2. The van der Waals surface area contributed by atoms with Gasteiger partial charge in [-0.1, -0.05) is 30.3 Å². The molecule has 0 aliphatic carbocycles. The summed E-state index contributed by atoms with van der Waals surface area (Å²) in [5, 5.41) is 2.91. The largest absolute Gasteiger partial charge is 0.497 e. The molecule has 2 rings (SSSR count). The molecule has 5 nitrogen and oxygen atoms in total. The summed E-state index contributed by atoms with van der Waals surface area (Å²) in [6.07, 6.45) is -0.121. The number of nitrogens with zero attached hydrogens (tertiary/aromatic N) is 1. The lowest BCUT2D eigenvalue weighted by molar-refractivity contribution is -0.140. The van der Waals surface area contributed by atoms with Crippen LogP contribution in [0.2, 0.25) is 0 Å². The van der Waals surface area contributed by atoms with Crippen LogP contribution in [0.15, 0.2) is 48.5 Å². The van der Waals surface area contributed by atoms with Gasteiger partial charge in [0.2, 0.25) is 11.8 Å². The zero-order valence-electron chi connectivity index (χ0n) is 17.7. The number of halogens is 1. The predicted molar refractivity (Wildman–Crippen MR) is 111 cm³/mol. The minimum absolute atomic E-state index is 0.121. The average molecular weight is 400 g/mol. The second kappa shape index (κ2) is 9.54. The van der Waals surface area contributed by atoms with Crippen molar-refractivity contribution in [2.24, 2.45) is 0 Å². The van der Waals surface area contributed by atoms with Crippen molar-refractivity contribution in [2.45, 2.75) is 52.2 Å². The summed E-state index contributed by atoms with van der Waals surface area (Å²) in [6.45, 7) is 7.53. The van der Waals surface area contributed by atoms with Gasteiger partial charge in [-0.25, -0.2) is 4.39 Å². The van der Waals surface area contributed by atoms with Crippen molar-refractivity contribution >= 4 is 11.8 Å². The van der Waals surface area contributed by atoms with Crippen LogP contribution in [0.3, 0.4) is 0 Å². The Labute approximate surface area is 171 Å². The monoisotopic (exact) mass is 400 g/mol. The zero-order valence-corrected chi connectivity index (χ0v) is 17.7. The summed E-state index contributed by atoms with van der Waals surface area (Å²) in [7, 11) is 1.57. The molecule has 6 heteroatoms. The van der Waals surface area contributed by atoms with Crippen molar-refractivity contribution in [1.82, 2.24) is 10.2 Å². The van der Waals surface area contributed by atoms with Gasteiger partial charge in [0.1, 0.15) is 17.6 Å². The lowest BCUT2D eigenvalue weighted by Gasteiger charge is -2.31. The van der Waals surface area contributed by atoms with Gasteiger partial charge in [0.05, 0.1) is 13.5 Å². The maximum Gasteiger partial charge on any atom is 0.242 e. The summed E-state index contributed by atoms with van der Waals surface area (Å²) in [5.74, 6) is -0.360. The summed E-state index contributed by atoms with van der Waals surface area (Å²) in [6, 6.07) is 12.8. The highest BCUT2D eigenvalue weighted by atomic mass is 19.1. The highest BCUT2D eigenvalue weighted by Gasteiger charge is 2.28. The first-order chi connectivity index (χ1) is 13.6. The summed E-state index contributed by atoms with van der Waals surface area (Å²) < 4.78 is 19.3. The Morgan fingerprint density at radius 1 is 1.14 bits per heavy atom. The molecule has 0 bridgehead atoms. The quantitative estimate of drug-likeness (QED) is 0.771. The molecule has 0 saturated carbocycles. The third-order valence-electron chi connectivity index (χ3n) is 4.45. The summed E-state index contributed by atoms with van der Waals surface area (Å²) >= 11 is 0. The number of rotatable bonds is 7. The lowest BCUT2D eigenvalue weighted by Crippen LogP contribution is -2.52. The molecule has 0 aliphatic rings. The van der Waals surface area contributed by atoms with Crippen LogP contribution >= 0.6 is 0 Å². The van der Waals surface area contributed by atoms with E-state index in [1.165, 1.54) is 11.0 Å². The molecule has 0 spiro atoms. The van der Waals surface area contributed by atoms with Crippen LogP contribution in [0.25, 0.3) is 0 Å². The fraction of sp³-hybridized carbons (Fsp3) is 0.391. The van der Waals surface area contributed by atoms with Gasteiger partial charge in [-0.05, 0) is 57.0 Å². The summed E-state index contributed by atoms with van der Waals surface area (Å²) in [4.78, 5) is 27.3. The van der Waals surface area contributed by atoms with Gasteiger partial charge in [0.15, 0.2) is 0 Å². The van der Waals surface area contributed by atoms with Gasteiger partial charge in [-0.2, -0.15) is 0 Å². The van der Waals surface area contributed by atoms with Gasteiger partial charge in [0, 0.05) is 12.1 Å². The Bertz CT molecular complexity index is 861. The third-order valence-corrected chi connectivity index (χ3v) is 4.45. The molecule has 0 radical (unpaired) electrons. The minimum Gasteiger partial charge on any atom is -0.497 e. The second-order valence-corrected chi connectivity index (χ2v) is 8.06. The Morgan fingerprint density at radius 3 is 2.45 bits per heavy atom. The van der Waals surface area contributed by atoms with Crippen molar-refractivity contribution in [1.29, 1.82) is 0 Å². The highest BCUT2D eigenvalue weighted by Crippen LogP contribution is 2.18. The van der Waals surface area contributed by atoms with Crippen molar-refractivity contribution in [3.63, 3.8) is 0 Å². The molecule has 1 N–H and O–H groups in total. The molecule has 0 heterocycles. The van der Waals surface area contributed by atoms with Crippen LogP contribution in [0.4, 0.5) is 4.39 Å². The van der Waals surface area contributed by atoms with Gasteiger partial charge in [-0.3, -0.25) is 9.59 Å². The van der Waals surface area contributed by atoms with E-state index >= 15 is 0 Å². The number of methoxy groups -OCH3 is 1. The van der Waals surface area contributed by atoms with E-state index in [4.69, 9.17) is 4.74 Å². The van der Waals surface area contributed by atoms with E-state index in [0.29, 0.717) is 11.3 Å². The number of carbonyl (C=O) groups is 2. The number of amides is 2. The number of nitrogens with one attached hydrogen (secondary N) is 1. The van der Waals surface area contributed by atoms with Crippen molar-refractivity contribution < 1.29 is 18.7 Å². The number of hydrogen-bond donors (Lipinski definition) is 1. The fourth-order valence-corrected chi connectivity index (χ4v) is 2.93. The number of hydrogen-bond acceptors (Lipinski definition) is 3. The molecule has 0 aliphatic heterocycles. The van der Waals surface area contributed by atoms with Crippen molar-refractivity contribution in [3.05, 3.63) is 65.5 Å². The molecule has 0 fully saturated rings. The Hall–Kier alpha value is -2.89. The van der Waals surface area contributed by atoms with Gasteiger partial charge >= 0.3 is 0 Å². The molecule has 29 heavy (non-hydrogen) atoms. The highest BCUT2D eigenvalue weighted by molar-refractivity contribution is 5.88. The van der Waals surface area contributed by atoms with Crippen molar-refractivity contribution in [2.75, 3.05) is 7.11 Å². The average Bonchev–Trinajstić information content (AvgIpc) is 2.66. The molecule has 156 valence electrons. The first-order valence-electron chi connectivity index (χ1n) is 9.58. The molecular weight excluding hydrogens is 371 g/mol. The third kappa shape index (κ3) is 6.59. The minimum atomic E-state index is -0.723. The predicted octanol–water partition coefficient (Wildman–Crippen LogP) is 3.71. The Morgan fingerprint density at radius 2 is 1.83 bits per heavy atom. The molecule has 0 unspecified atom stereocenters. The SMILES string of the molecule is COc1cccc(CN(C(=O)Cc2ccccc2F)[C@@H](C)C(=O)NC(C)(C)C)c1. The maximum atomic E-state index is 14.1. The molecule has 0 saturated heterocycles. The van der Waals surface area contributed by atoms with E-state index in [0.717, 1.165) is 5.56 Å². The van der Waals surface area contributed by atoms with Crippen LogP contribution in [-0.2, 0) is 22.6 Å². The molecule has 2 amide bonds. The molecule has 2 aromatic carbocycles. The number of carbonyl (C=O) groups excluding carboxylic acids is 2. The first kappa shape index (κ1) is 22.4. The second-order valence-electron chi connectivity index (χ2n) is 8.06. The van der Waals surface area contributed by atoms with Gasteiger partial charge < -0.3 is 15.0 Å². The van der Waals surface area contributed by atoms with E-state index in [1.807, 2.05) is 45.0 Å². The first-order valence-corrected chi connectivity index (χ1v) is 9.58. The standard InChI is InChI=1S/C23H29FN2O3/c1-16(22(28)25-23(2,3)4)26(15-17-9-8-11-19(13-17)29-5)21(27)14-18-10-6-7-12-20(18)24/h6-13,16H,14-15H2,1-5H3,(H,25,28)/t16-/m0/s1. The smallest absolute Gasteiger partial charge is 0.242 e. The fourth-order valence-electron chi connectivity index (χ4n) is 2.93. The van der Waals surface area contributed by atoms with E-state index in [9.17, 15) is 14.0 Å². The Kier molecular flexibility index (Phi) is 7.37.